The average molecular weight is 393 g/mol. The van der Waals surface area contributed by atoms with Crippen molar-refractivity contribution in [1.82, 2.24) is 4.90 Å². The Morgan fingerprint density at radius 3 is 2.41 bits per heavy atom. The number of benzene rings is 2. The fourth-order valence-corrected chi connectivity index (χ4v) is 3.77. The second-order valence-corrected chi connectivity index (χ2v) is 7.26. The predicted molar refractivity (Wildman–Crippen MR) is 104 cm³/mol. The maximum atomic E-state index is 13.3. The second kappa shape index (κ2) is 8.81. The molecule has 144 valence electrons. The molecule has 0 N–H and O–H groups in total. The molecule has 2 aromatic rings. The van der Waals surface area contributed by atoms with E-state index < -0.39 is 5.82 Å². The Bertz CT molecular complexity index is 789. The Kier molecular flexibility index (Phi) is 6.45. The third kappa shape index (κ3) is 4.85. The maximum Gasteiger partial charge on any atom is 0.226 e. The summed E-state index contributed by atoms with van der Waals surface area (Å²) in [7, 11) is 0. The van der Waals surface area contributed by atoms with Crippen molar-refractivity contribution in [3.05, 3.63) is 64.7 Å². The van der Waals surface area contributed by atoms with Crippen LogP contribution in [0.25, 0.3) is 0 Å². The molecule has 3 rings (SSSR count). The first-order valence-electron chi connectivity index (χ1n) is 9.22. The van der Waals surface area contributed by atoms with Gasteiger partial charge in [0.25, 0.3) is 0 Å². The largest absolute Gasteiger partial charge is 0.309 e. The first kappa shape index (κ1) is 19.8. The second-order valence-electron chi connectivity index (χ2n) is 6.85. The molecule has 0 unspecified atom stereocenters. The topological polar surface area (TPSA) is 23.6 Å². The minimum Gasteiger partial charge on any atom is -0.309 e. The highest BCUT2D eigenvalue weighted by Crippen LogP contribution is 2.26. The Hall–Kier alpha value is -1.98. The summed E-state index contributed by atoms with van der Waals surface area (Å²) in [5.74, 6) is -0.673. The van der Waals surface area contributed by atoms with Gasteiger partial charge in [-0.25, -0.2) is 8.78 Å². The van der Waals surface area contributed by atoms with E-state index in [-0.39, 0.29) is 22.8 Å². The highest BCUT2D eigenvalue weighted by atomic mass is 35.5. The number of hydrogen-bond acceptors (Lipinski definition) is 2. The van der Waals surface area contributed by atoms with E-state index in [4.69, 9.17) is 11.6 Å². The Morgan fingerprint density at radius 2 is 1.81 bits per heavy atom. The van der Waals surface area contributed by atoms with Crippen molar-refractivity contribution < 1.29 is 13.6 Å². The van der Waals surface area contributed by atoms with Gasteiger partial charge in [-0.2, -0.15) is 0 Å². The SMILES string of the molecule is CCC(=O)N(c1ccc(F)cc1)C1CCN(Cc2ccc(F)c(Cl)c2)CC1. The summed E-state index contributed by atoms with van der Waals surface area (Å²) in [6.07, 6.45) is 2.07. The molecule has 1 amide bonds. The van der Waals surface area contributed by atoms with E-state index in [1.165, 1.54) is 18.2 Å². The molecule has 0 aliphatic carbocycles. The summed E-state index contributed by atoms with van der Waals surface area (Å²) >= 11 is 5.86. The van der Waals surface area contributed by atoms with Crippen LogP contribution >= 0.6 is 11.6 Å². The van der Waals surface area contributed by atoms with Crippen LogP contribution in [0.5, 0.6) is 0 Å². The van der Waals surface area contributed by atoms with Gasteiger partial charge in [-0.05, 0) is 54.8 Å². The van der Waals surface area contributed by atoms with E-state index in [0.29, 0.717) is 13.0 Å². The third-order valence-electron chi connectivity index (χ3n) is 4.99. The highest BCUT2D eigenvalue weighted by Gasteiger charge is 2.28. The summed E-state index contributed by atoms with van der Waals surface area (Å²) in [4.78, 5) is 16.6. The molecule has 1 saturated heterocycles. The van der Waals surface area contributed by atoms with Gasteiger partial charge in [-0.1, -0.05) is 24.6 Å². The monoisotopic (exact) mass is 392 g/mol. The van der Waals surface area contributed by atoms with Crippen LogP contribution in [0, 0.1) is 11.6 Å². The highest BCUT2D eigenvalue weighted by molar-refractivity contribution is 6.30. The minimum atomic E-state index is -0.410. The number of likely N-dealkylation sites (tertiary alicyclic amines) is 1. The number of piperidine rings is 1. The van der Waals surface area contributed by atoms with Crippen molar-refractivity contribution >= 4 is 23.2 Å². The number of carbonyl (C=O) groups excluding carboxylic acids is 1. The van der Waals surface area contributed by atoms with Gasteiger partial charge in [0.05, 0.1) is 5.02 Å². The molecule has 6 heteroatoms. The number of nitrogens with zero attached hydrogens (tertiary/aromatic N) is 2. The summed E-state index contributed by atoms with van der Waals surface area (Å²) < 4.78 is 26.6. The Balaban J connectivity index is 1.65. The van der Waals surface area contributed by atoms with E-state index in [2.05, 4.69) is 4.90 Å². The molecule has 27 heavy (non-hydrogen) atoms. The van der Waals surface area contributed by atoms with E-state index in [1.807, 2.05) is 11.8 Å². The van der Waals surface area contributed by atoms with Crippen LogP contribution in [0.15, 0.2) is 42.5 Å². The molecule has 1 fully saturated rings. The summed E-state index contributed by atoms with van der Waals surface area (Å²) in [5, 5.41) is 0.137. The van der Waals surface area contributed by atoms with Gasteiger partial charge in [0, 0.05) is 37.8 Å². The molecule has 0 bridgehead atoms. The van der Waals surface area contributed by atoms with Crippen LogP contribution < -0.4 is 4.90 Å². The first-order chi connectivity index (χ1) is 13.0. The van der Waals surface area contributed by atoms with Crippen molar-refractivity contribution in [3.63, 3.8) is 0 Å². The zero-order chi connectivity index (χ0) is 19.4. The molecule has 2 aromatic carbocycles. The molecule has 0 saturated carbocycles. The molecule has 1 heterocycles. The lowest BCUT2D eigenvalue weighted by atomic mass is 10.0. The van der Waals surface area contributed by atoms with Crippen LogP contribution in [0.4, 0.5) is 14.5 Å². The van der Waals surface area contributed by atoms with Gasteiger partial charge in [0.15, 0.2) is 0 Å². The molecule has 1 aliphatic heterocycles. The first-order valence-corrected chi connectivity index (χ1v) is 9.59. The molecule has 0 atom stereocenters. The number of amides is 1. The van der Waals surface area contributed by atoms with E-state index in [1.54, 1.807) is 24.3 Å². The van der Waals surface area contributed by atoms with E-state index in [9.17, 15) is 13.6 Å². The molecular formula is C21H23ClF2N2O. The standard InChI is InChI=1S/C21H23ClF2N2O/c1-2-21(27)26(17-6-4-16(23)5-7-17)18-9-11-25(12-10-18)14-15-3-8-20(24)19(22)13-15/h3-8,13,18H,2,9-12,14H2,1H3. The fourth-order valence-electron chi connectivity index (χ4n) is 3.56. The normalized spacial score (nSPS) is 15.7. The van der Waals surface area contributed by atoms with Crippen molar-refractivity contribution in [2.45, 2.75) is 38.8 Å². The summed E-state index contributed by atoms with van der Waals surface area (Å²) in [6.45, 7) is 4.19. The zero-order valence-corrected chi connectivity index (χ0v) is 16.1. The van der Waals surface area contributed by atoms with Crippen LogP contribution in [0.3, 0.4) is 0 Å². The van der Waals surface area contributed by atoms with Gasteiger partial charge in [0.1, 0.15) is 11.6 Å². The molecule has 0 aromatic heterocycles. The molecule has 1 aliphatic rings. The van der Waals surface area contributed by atoms with Crippen LogP contribution in [-0.4, -0.2) is 29.9 Å². The average Bonchev–Trinajstić information content (AvgIpc) is 2.67. The van der Waals surface area contributed by atoms with E-state index >= 15 is 0 Å². The zero-order valence-electron chi connectivity index (χ0n) is 15.3. The van der Waals surface area contributed by atoms with Crippen LogP contribution in [0.1, 0.15) is 31.7 Å². The number of hydrogen-bond donors (Lipinski definition) is 0. The van der Waals surface area contributed by atoms with Gasteiger partial charge in [-0.15, -0.1) is 0 Å². The summed E-state index contributed by atoms with van der Waals surface area (Å²) in [5.41, 5.74) is 1.71. The Morgan fingerprint density at radius 1 is 1.15 bits per heavy atom. The van der Waals surface area contributed by atoms with Gasteiger partial charge in [0.2, 0.25) is 5.91 Å². The lowest BCUT2D eigenvalue weighted by Gasteiger charge is -2.38. The van der Waals surface area contributed by atoms with Crippen LogP contribution in [0.2, 0.25) is 5.02 Å². The quantitative estimate of drug-likeness (QED) is 0.712. The van der Waals surface area contributed by atoms with Gasteiger partial charge >= 0.3 is 0 Å². The lowest BCUT2D eigenvalue weighted by molar-refractivity contribution is -0.119. The maximum absolute atomic E-state index is 13.3. The number of rotatable bonds is 5. The molecule has 0 radical (unpaired) electrons. The van der Waals surface area contributed by atoms with Gasteiger partial charge < -0.3 is 4.90 Å². The smallest absolute Gasteiger partial charge is 0.226 e. The number of carbonyl (C=O) groups is 1. The Labute approximate surface area is 163 Å². The molecule has 3 nitrogen and oxygen atoms in total. The van der Waals surface area contributed by atoms with Crippen molar-refractivity contribution in [3.8, 4) is 0 Å². The third-order valence-corrected chi connectivity index (χ3v) is 5.28. The van der Waals surface area contributed by atoms with Gasteiger partial charge in [-0.3, -0.25) is 9.69 Å². The fraction of sp³-hybridized carbons (Fsp3) is 0.381. The minimum absolute atomic E-state index is 0.0466. The van der Waals surface area contributed by atoms with E-state index in [0.717, 1.165) is 37.2 Å². The van der Waals surface area contributed by atoms with Crippen molar-refractivity contribution in [2.24, 2.45) is 0 Å². The molecular weight excluding hydrogens is 370 g/mol. The lowest BCUT2D eigenvalue weighted by Crippen LogP contribution is -2.47. The van der Waals surface area contributed by atoms with Crippen LogP contribution in [-0.2, 0) is 11.3 Å². The van der Waals surface area contributed by atoms with Crippen molar-refractivity contribution in [2.75, 3.05) is 18.0 Å². The summed E-state index contributed by atoms with van der Waals surface area (Å²) in [6, 6.07) is 11.0. The van der Waals surface area contributed by atoms with Crippen molar-refractivity contribution in [1.29, 1.82) is 0 Å². The number of anilines is 1. The molecule has 0 spiro atoms. The number of halogens is 3. The predicted octanol–water partition coefficient (Wildman–Crippen LogP) is 5.03.